The SMILES string of the molecule is COc1ccc(NC(=O)[C@@H](Cc2ccccc2)NS(=O)(=O)c2ccc(Br)s2)cc1OC. The molecule has 0 fully saturated rings. The second kappa shape index (κ2) is 10.3. The molecule has 0 saturated carbocycles. The van der Waals surface area contributed by atoms with Gasteiger partial charge in [-0.25, -0.2) is 8.42 Å². The van der Waals surface area contributed by atoms with Crippen molar-refractivity contribution in [2.75, 3.05) is 19.5 Å². The molecule has 0 unspecified atom stereocenters. The fourth-order valence-corrected chi connectivity index (χ4v) is 6.09. The van der Waals surface area contributed by atoms with Crippen LogP contribution in [0.2, 0.25) is 0 Å². The van der Waals surface area contributed by atoms with Gasteiger partial charge in [0.2, 0.25) is 5.91 Å². The maximum absolute atomic E-state index is 13.1. The van der Waals surface area contributed by atoms with Gasteiger partial charge in [-0.15, -0.1) is 11.3 Å². The topological polar surface area (TPSA) is 93.7 Å². The van der Waals surface area contributed by atoms with Crippen LogP contribution in [0.1, 0.15) is 5.56 Å². The Kier molecular flexibility index (Phi) is 7.71. The van der Waals surface area contributed by atoms with Crippen LogP contribution in [0.15, 0.2) is 68.7 Å². The van der Waals surface area contributed by atoms with E-state index in [-0.39, 0.29) is 10.6 Å². The van der Waals surface area contributed by atoms with Crippen molar-refractivity contribution in [3.05, 3.63) is 70.0 Å². The van der Waals surface area contributed by atoms with E-state index < -0.39 is 22.0 Å². The number of carbonyl (C=O) groups excluding carboxylic acids is 1. The van der Waals surface area contributed by atoms with Crippen LogP contribution in [0.5, 0.6) is 11.5 Å². The van der Waals surface area contributed by atoms with E-state index in [9.17, 15) is 13.2 Å². The van der Waals surface area contributed by atoms with Gasteiger partial charge in [0.25, 0.3) is 10.0 Å². The lowest BCUT2D eigenvalue weighted by Gasteiger charge is -2.19. The van der Waals surface area contributed by atoms with E-state index in [4.69, 9.17) is 9.47 Å². The van der Waals surface area contributed by atoms with Crippen molar-refractivity contribution in [2.24, 2.45) is 0 Å². The number of hydrogen-bond acceptors (Lipinski definition) is 6. The van der Waals surface area contributed by atoms with Gasteiger partial charge in [-0.3, -0.25) is 4.79 Å². The molecule has 1 atom stereocenters. The third-order valence-corrected chi connectivity index (χ3v) is 7.95. The zero-order chi connectivity index (χ0) is 22.4. The maximum Gasteiger partial charge on any atom is 0.250 e. The zero-order valence-electron chi connectivity index (χ0n) is 16.8. The third kappa shape index (κ3) is 6.07. The number of rotatable bonds is 9. The number of thiophene rings is 1. The van der Waals surface area contributed by atoms with Crippen molar-refractivity contribution in [1.29, 1.82) is 0 Å². The number of amides is 1. The summed E-state index contributed by atoms with van der Waals surface area (Å²) in [5, 5.41) is 2.76. The normalized spacial score (nSPS) is 12.2. The van der Waals surface area contributed by atoms with Gasteiger partial charge in [0.1, 0.15) is 10.3 Å². The number of nitrogens with one attached hydrogen (secondary N) is 2. The van der Waals surface area contributed by atoms with Crippen molar-refractivity contribution in [3.63, 3.8) is 0 Å². The van der Waals surface area contributed by atoms with Gasteiger partial charge in [-0.05, 0) is 52.2 Å². The van der Waals surface area contributed by atoms with E-state index in [1.807, 2.05) is 30.3 Å². The molecule has 0 saturated heterocycles. The summed E-state index contributed by atoms with van der Waals surface area (Å²) < 4.78 is 39.5. The van der Waals surface area contributed by atoms with Gasteiger partial charge >= 0.3 is 0 Å². The summed E-state index contributed by atoms with van der Waals surface area (Å²) in [6.45, 7) is 0. The number of carbonyl (C=O) groups is 1. The van der Waals surface area contributed by atoms with Crippen molar-refractivity contribution < 1.29 is 22.7 Å². The monoisotopic (exact) mass is 524 g/mol. The predicted octanol–water partition coefficient (Wildman–Crippen LogP) is 4.06. The maximum atomic E-state index is 13.1. The molecule has 10 heteroatoms. The first kappa shape index (κ1) is 23.3. The molecular weight excluding hydrogens is 504 g/mol. The largest absolute Gasteiger partial charge is 0.493 e. The Morgan fingerprint density at radius 2 is 1.74 bits per heavy atom. The average Bonchev–Trinajstić information content (AvgIpc) is 3.21. The molecule has 0 aliphatic heterocycles. The van der Waals surface area contributed by atoms with Crippen LogP contribution in [-0.2, 0) is 21.2 Å². The number of hydrogen-bond donors (Lipinski definition) is 2. The lowest BCUT2D eigenvalue weighted by atomic mass is 10.1. The molecule has 31 heavy (non-hydrogen) atoms. The van der Waals surface area contributed by atoms with Crippen molar-refractivity contribution in [2.45, 2.75) is 16.7 Å². The average molecular weight is 525 g/mol. The first-order valence-corrected chi connectivity index (χ1v) is 12.3. The summed E-state index contributed by atoms with van der Waals surface area (Å²) in [5.41, 5.74) is 1.28. The molecule has 164 valence electrons. The van der Waals surface area contributed by atoms with E-state index in [0.29, 0.717) is 21.0 Å². The Bertz CT molecular complexity index is 1150. The highest BCUT2D eigenvalue weighted by atomic mass is 79.9. The summed E-state index contributed by atoms with van der Waals surface area (Å²) >= 11 is 4.34. The van der Waals surface area contributed by atoms with Crippen molar-refractivity contribution in [1.82, 2.24) is 4.72 Å². The van der Waals surface area contributed by atoms with E-state index >= 15 is 0 Å². The van der Waals surface area contributed by atoms with Crippen LogP contribution in [0.4, 0.5) is 5.69 Å². The summed E-state index contributed by atoms with van der Waals surface area (Å²) in [4.78, 5) is 13.1. The molecule has 0 aliphatic rings. The fourth-order valence-electron chi connectivity index (χ4n) is 2.87. The molecule has 0 spiro atoms. The summed E-state index contributed by atoms with van der Waals surface area (Å²) in [6.07, 6.45) is 0.186. The summed E-state index contributed by atoms with van der Waals surface area (Å²) in [6, 6.07) is 16.3. The Morgan fingerprint density at radius 1 is 1.03 bits per heavy atom. The highest BCUT2D eigenvalue weighted by molar-refractivity contribution is 9.11. The fraction of sp³-hybridized carbons (Fsp3) is 0.190. The van der Waals surface area contributed by atoms with E-state index in [2.05, 4.69) is 26.0 Å². The van der Waals surface area contributed by atoms with E-state index in [0.717, 1.165) is 16.9 Å². The number of benzene rings is 2. The van der Waals surface area contributed by atoms with Gasteiger partial charge < -0.3 is 14.8 Å². The Balaban J connectivity index is 1.86. The highest BCUT2D eigenvalue weighted by Crippen LogP contribution is 2.30. The van der Waals surface area contributed by atoms with Crippen LogP contribution in [-0.4, -0.2) is 34.6 Å². The molecule has 2 aromatic carbocycles. The van der Waals surface area contributed by atoms with Gasteiger partial charge in [0, 0.05) is 11.8 Å². The summed E-state index contributed by atoms with van der Waals surface area (Å²) in [7, 11) is -0.874. The van der Waals surface area contributed by atoms with Gasteiger partial charge in [0.15, 0.2) is 11.5 Å². The molecule has 2 N–H and O–H groups in total. The van der Waals surface area contributed by atoms with Crippen LogP contribution < -0.4 is 19.5 Å². The van der Waals surface area contributed by atoms with Crippen LogP contribution in [0.3, 0.4) is 0 Å². The van der Waals surface area contributed by atoms with Gasteiger partial charge in [-0.1, -0.05) is 30.3 Å². The molecule has 0 bridgehead atoms. The Hall–Kier alpha value is -2.40. The Labute approximate surface area is 193 Å². The van der Waals surface area contributed by atoms with E-state index in [1.165, 1.54) is 20.3 Å². The molecular formula is C21H21BrN2O5S2. The first-order valence-electron chi connectivity index (χ1n) is 9.17. The second-order valence-electron chi connectivity index (χ2n) is 6.48. The molecule has 3 rings (SSSR count). The van der Waals surface area contributed by atoms with Crippen LogP contribution in [0.25, 0.3) is 0 Å². The number of methoxy groups -OCH3 is 2. The second-order valence-corrected chi connectivity index (χ2v) is 10.9. The third-order valence-electron chi connectivity index (χ3n) is 4.36. The smallest absolute Gasteiger partial charge is 0.250 e. The molecule has 3 aromatic rings. The van der Waals surface area contributed by atoms with E-state index in [1.54, 1.807) is 24.3 Å². The highest BCUT2D eigenvalue weighted by Gasteiger charge is 2.27. The lowest BCUT2D eigenvalue weighted by Crippen LogP contribution is -2.45. The predicted molar refractivity (Wildman–Crippen MR) is 124 cm³/mol. The van der Waals surface area contributed by atoms with Crippen LogP contribution >= 0.6 is 27.3 Å². The number of halogens is 1. The van der Waals surface area contributed by atoms with Gasteiger partial charge in [0.05, 0.1) is 18.0 Å². The molecule has 0 radical (unpaired) electrons. The molecule has 1 aromatic heterocycles. The number of ether oxygens (including phenoxy) is 2. The summed E-state index contributed by atoms with van der Waals surface area (Å²) in [5.74, 6) is 0.476. The number of sulfonamides is 1. The molecule has 1 heterocycles. The minimum atomic E-state index is -3.89. The Morgan fingerprint density at radius 3 is 2.35 bits per heavy atom. The van der Waals surface area contributed by atoms with Crippen molar-refractivity contribution >= 4 is 48.9 Å². The van der Waals surface area contributed by atoms with Gasteiger partial charge in [-0.2, -0.15) is 4.72 Å². The number of anilines is 1. The molecule has 0 aliphatic carbocycles. The van der Waals surface area contributed by atoms with Crippen LogP contribution in [0, 0.1) is 0 Å². The molecule has 7 nitrogen and oxygen atoms in total. The zero-order valence-corrected chi connectivity index (χ0v) is 20.0. The lowest BCUT2D eigenvalue weighted by molar-refractivity contribution is -0.117. The standard InChI is InChI=1S/C21H21BrN2O5S2/c1-28-17-9-8-15(13-18(17)29-2)23-21(25)16(12-14-6-4-3-5-7-14)24-31(26,27)20-11-10-19(22)30-20/h3-11,13,16,24H,12H2,1-2H3,(H,23,25)/t16-/m1/s1. The first-order chi connectivity index (χ1) is 14.8. The van der Waals surface area contributed by atoms with Crippen molar-refractivity contribution in [3.8, 4) is 11.5 Å². The minimum absolute atomic E-state index is 0.122. The molecule has 1 amide bonds. The quantitative estimate of drug-likeness (QED) is 0.440. The minimum Gasteiger partial charge on any atom is -0.493 e.